The molecule has 1 aromatic heterocycles. The Morgan fingerprint density at radius 2 is 2.11 bits per heavy atom. The van der Waals surface area contributed by atoms with E-state index in [1.165, 1.54) is 0 Å². The molecule has 18 heavy (non-hydrogen) atoms. The van der Waals surface area contributed by atoms with Gasteiger partial charge in [-0.1, -0.05) is 23.7 Å². The molecule has 0 aliphatic heterocycles. The number of nitrogens with zero attached hydrogens (tertiary/aromatic N) is 1. The Kier molecular flexibility index (Phi) is 4.56. The highest BCUT2D eigenvalue weighted by atomic mass is 35.5. The Morgan fingerprint density at radius 1 is 1.22 bits per heavy atom. The van der Waals surface area contributed by atoms with Gasteiger partial charge in [0.05, 0.1) is 6.10 Å². The van der Waals surface area contributed by atoms with Crippen LogP contribution in [0, 0.1) is 0 Å². The lowest BCUT2D eigenvalue weighted by molar-refractivity contribution is 0.107. The van der Waals surface area contributed by atoms with Gasteiger partial charge in [-0.25, -0.2) is 0 Å². The second-order valence-electron chi connectivity index (χ2n) is 3.95. The fourth-order valence-corrected chi connectivity index (χ4v) is 1.75. The average molecular weight is 264 g/mol. The van der Waals surface area contributed by atoms with Crippen LogP contribution in [0.4, 0.5) is 0 Å². The number of hydrogen-bond donors (Lipinski definition) is 1. The molecule has 0 aliphatic rings. The van der Waals surface area contributed by atoms with Gasteiger partial charge in [-0.3, -0.25) is 4.98 Å². The molecule has 1 atom stereocenters. The highest BCUT2D eigenvalue weighted by Crippen LogP contribution is 2.17. The smallest absolute Gasteiger partial charge is 0.120 e. The standard InChI is InChI=1S/C14H14ClNO2/c15-11-4-3-6-14(8-11)18-10-13(17)9-12-5-1-2-7-16-12/h1-8,13,17H,9-10H2. The fraction of sp³-hybridized carbons (Fsp3) is 0.214. The Hall–Kier alpha value is -1.58. The van der Waals surface area contributed by atoms with Crippen molar-refractivity contribution in [3.63, 3.8) is 0 Å². The van der Waals surface area contributed by atoms with E-state index in [-0.39, 0.29) is 6.61 Å². The molecule has 0 fully saturated rings. The van der Waals surface area contributed by atoms with Crippen molar-refractivity contribution in [2.75, 3.05) is 6.61 Å². The first-order chi connectivity index (χ1) is 8.74. The summed E-state index contributed by atoms with van der Waals surface area (Å²) in [6.45, 7) is 0.219. The van der Waals surface area contributed by atoms with Crippen LogP contribution < -0.4 is 4.74 Å². The Balaban J connectivity index is 1.83. The van der Waals surface area contributed by atoms with Crippen LogP contribution in [0.1, 0.15) is 5.69 Å². The number of aromatic nitrogens is 1. The van der Waals surface area contributed by atoms with Gasteiger partial charge in [0.2, 0.25) is 0 Å². The van der Waals surface area contributed by atoms with Crippen molar-refractivity contribution in [1.82, 2.24) is 4.98 Å². The molecule has 0 aliphatic carbocycles. The monoisotopic (exact) mass is 263 g/mol. The van der Waals surface area contributed by atoms with E-state index < -0.39 is 6.10 Å². The van der Waals surface area contributed by atoms with Crippen molar-refractivity contribution in [1.29, 1.82) is 0 Å². The van der Waals surface area contributed by atoms with Crippen molar-refractivity contribution in [3.8, 4) is 5.75 Å². The van der Waals surface area contributed by atoms with Crippen LogP contribution in [0.25, 0.3) is 0 Å². The van der Waals surface area contributed by atoms with Gasteiger partial charge in [0.25, 0.3) is 0 Å². The zero-order valence-corrected chi connectivity index (χ0v) is 10.5. The van der Waals surface area contributed by atoms with Gasteiger partial charge in [-0.05, 0) is 30.3 Å². The third kappa shape index (κ3) is 4.02. The van der Waals surface area contributed by atoms with Gasteiger partial charge in [0.15, 0.2) is 0 Å². The summed E-state index contributed by atoms with van der Waals surface area (Å²) in [4.78, 5) is 4.15. The molecule has 0 saturated heterocycles. The number of rotatable bonds is 5. The third-order valence-electron chi connectivity index (χ3n) is 2.41. The van der Waals surface area contributed by atoms with Gasteiger partial charge in [0.1, 0.15) is 12.4 Å². The van der Waals surface area contributed by atoms with Crippen LogP contribution in [0.3, 0.4) is 0 Å². The molecule has 0 radical (unpaired) electrons. The fourth-order valence-electron chi connectivity index (χ4n) is 1.57. The first-order valence-electron chi connectivity index (χ1n) is 5.70. The molecule has 1 aromatic carbocycles. The number of halogens is 1. The first-order valence-corrected chi connectivity index (χ1v) is 6.08. The average Bonchev–Trinajstić information content (AvgIpc) is 2.38. The van der Waals surface area contributed by atoms with E-state index >= 15 is 0 Å². The van der Waals surface area contributed by atoms with E-state index in [9.17, 15) is 5.11 Å². The predicted molar refractivity (Wildman–Crippen MR) is 70.9 cm³/mol. The summed E-state index contributed by atoms with van der Waals surface area (Å²) in [6, 6.07) is 12.7. The van der Waals surface area contributed by atoms with E-state index in [1.807, 2.05) is 24.3 Å². The maximum Gasteiger partial charge on any atom is 0.120 e. The Morgan fingerprint density at radius 3 is 2.83 bits per heavy atom. The van der Waals surface area contributed by atoms with Crippen molar-refractivity contribution >= 4 is 11.6 Å². The third-order valence-corrected chi connectivity index (χ3v) is 2.64. The molecular weight excluding hydrogens is 250 g/mol. The second-order valence-corrected chi connectivity index (χ2v) is 4.38. The molecule has 3 nitrogen and oxygen atoms in total. The molecule has 2 rings (SSSR count). The van der Waals surface area contributed by atoms with Gasteiger partial charge >= 0.3 is 0 Å². The molecule has 1 unspecified atom stereocenters. The number of hydrogen-bond acceptors (Lipinski definition) is 3. The molecule has 0 bridgehead atoms. The maximum atomic E-state index is 9.84. The van der Waals surface area contributed by atoms with E-state index in [2.05, 4.69) is 4.98 Å². The second kappa shape index (κ2) is 6.38. The number of aliphatic hydroxyl groups is 1. The summed E-state index contributed by atoms with van der Waals surface area (Å²) in [5.74, 6) is 0.655. The van der Waals surface area contributed by atoms with Crippen LogP contribution in [0.5, 0.6) is 5.75 Å². The van der Waals surface area contributed by atoms with Crippen LogP contribution >= 0.6 is 11.6 Å². The van der Waals surface area contributed by atoms with E-state index in [4.69, 9.17) is 16.3 Å². The van der Waals surface area contributed by atoms with Crippen LogP contribution in [0.2, 0.25) is 5.02 Å². The van der Waals surface area contributed by atoms with Crippen molar-refractivity contribution < 1.29 is 9.84 Å². The van der Waals surface area contributed by atoms with Crippen LogP contribution in [-0.2, 0) is 6.42 Å². The lowest BCUT2D eigenvalue weighted by atomic mass is 10.2. The zero-order valence-electron chi connectivity index (χ0n) is 9.79. The summed E-state index contributed by atoms with van der Waals surface area (Å²) in [5, 5.41) is 10.5. The summed E-state index contributed by atoms with van der Waals surface area (Å²) >= 11 is 5.84. The molecule has 0 spiro atoms. The van der Waals surface area contributed by atoms with Gasteiger partial charge in [0, 0.05) is 23.3 Å². The predicted octanol–water partition coefficient (Wildman–Crippen LogP) is 2.72. The number of ether oxygens (including phenoxy) is 1. The molecule has 0 saturated carbocycles. The number of benzene rings is 1. The molecule has 1 heterocycles. The molecule has 2 aromatic rings. The topological polar surface area (TPSA) is 42.4 Å². The highest BCUT2D eigenvalue weighted by molar-refractivity contribution is 6.30. The zero-order chi connectivity index (χ0) is 12.8. The molecule has 1 N–H and O–H groups in total. The summed E-state index contributed by atoms with van der Waals surface area (Å²) in [5.41, 5.74) is 0.847. The quantitative estimate of drug-likeness (QED) is 0.902. The van der Waals surface area contributed by atoms with Gasteiger partial charge < -0.3 is 9.84 Å². The summed E-state index contributed by atoms with van der Waals surface area (Å²) in [7, 11) is 0. The normalized spacial score (nSPS) is 12.1. The lowest BCUT2D eigenvalue weighted by Crippen LogP contribution is -2.20. The van der Waals surface area contributed by atoms with E-state index in [0.29, 0.717) is 17.2 Å². The maximum absolute atomic E-state index is 9.84. The first kappa shape index (κ1) is 12.9. The number of aliphatic hydroxyl groups excluding tert-OH is 1. The highest BCUT2D eigenvalue weighted by Gasteiger charge is 2.07. The van der Waals surface area contributed by atoms with Crippen LogP contribution in [-0.4, -0.2) is 22.8 Å². The molecular formula is C14H14ClNO2. The lowest BCUT2D eigenvalue weighted by Gasteiger charge is -2.12. The van der Waals surface area contributed by atoms with Gasteiger partial charge in [-0.2, -0.15) is 0 Å². The number of pyridine rings is 1. The Bertz CT molecular complexity index is 490. The molecule has 94 valence electrons. The minimum absolute atomic E-state index is 0.219. The minimum Gasteiger partial charge on any atom is -0.491 e. The Labute approximate surface area is 111 Å². The molecule has 0 amide bonds. The largest absolute Gasteiger partial charge is 0.491 e. The molecule has 4 heteroatoms. The van der Waals surface area contributed by atoms with E-state index in [1.54, 1.807) is 24.4 Å². The van der Waals surface area contributed by atoms with Gasteiger partial charge in [-0.15, -0.1) is 0 Å². The SMILES string of the molecule is OC(COc1cccc(Cl)c1)Cc1ccccn1. The van der Waals surface area contributed by atoms with E-state index in [0.717, 1.165) is 5.69 Å². The van der Waals surface area contributed by atoms with Crippen molar-refractivity contribution in [2.45, 2.75) is 12.5 Å². The summed E-state index contributed by atoms with van der Waals surface area (Å²) < 4.78 is 5.46. The van der Waals surface area contributed by atoms with Crippen molar-refractivity contribution in [2.24, 2.45) is 0 Å². The summed E-state index contributed by atoms with van der Waals surface area (Å²) in [6.07, 6.45) is 1.60. The van der Waals surface area contributed by atoms with Crippen molar-refractivity contribution in [3.05, 3.63) is 59.4 Å². The minimum atomic E-state index is -0.584. The van der Waals surface area contributed by atoms with Crippen LogP contribution in [0.15, 0.2) is 48.7 Å².